The normalized spacial score (nSPS) is 16.4. The highest BCUT2D eigenvalue weighted by molar-refractivity contribution is 5.24. The van der Waals surface area contributed by atoms with Crippen LogP contribution in [0.1, 0.15) is 13.3 Å². The first-order chi connectivity index (χ1) is 6.67. The minimum absolute atomic E-state index is 0.142. The van der Waals surface area contributed by atoms with Crippen molar-refractivity contribution in [1.82, 2.24) is 10.6 Å². The van der Waals surface area contributed by atoms with Crippen LogP contribution >= 0.6 is 0 Å². The number of hydrogen-bond acceptors (Lipinski definition) is 2. The maximum absolute atomic E-state index is 13.4. The third-order valence-corrected chi connectivity index (χ3v) is 2.05. The molecule has 0 spiro atoms. The summed E-state index contributed by atoms with van der Waals surface area (Å²) in [6.45, 7) is 2.54. The average Bonchev–Trinajstić information content (AvgIpc) is 2.19. The number of halogens is 2. The van der Waals surface area contributed by atoms with Crippen molar-refractivity contribution >= 4 is 0 Å². The Hall–Kier alpha value is -0.900. The molecule has 0 saturated carbocycles. The molecule has 1 aliphatic heterocycles. The lowest BCUT2D eigenvalue weighted by atomic mass is 10.1. The Morgan fingerprint density at radius 1 is 1.57 bits per heavy atom. The van der Waals surface area contributed by atoms with E-state index in [0.29, 0.717) is 6.54 Å². The van der Waals surface area contributed by atoms with E-state index in [1.54, 1.807) is 12.3 Å². The minimum Gasteiger partial charge on any atom is -0.387 e. The summed E-state index contributed by atoms with van der Waals surface area (Å²) in [5.41, 5.74) is 0.142. The molecule has 1 heterocycles. The van der Waals surface area contributed by atoms with Gasteiger partial charge in [-0.05, 0) is 25.2 Å². The molecule has 0 aromatic heterocycles. The van der Waals surface area contributed by atoms with Crippen molar-refractivity contribution in [2.45, 2.75) is 19.3 Å². The molecule has 0 fully saturated rings. The molecular weight excluding hydrogens is 186 g/mol. The molecule has 4 heteroatoms. The van der Waals surface area contributed by atoms with Crippen LogP contribution in [0.3, 0.4) is 0 Å². The maximum atomic E-state index is 13.4. The van der Waals surface area contributed by atoms with Gasteiger partial charge in [0.05, 0.1) is 6.54 Å². The third kappa shape index (κ3) is 3.10. The summed E-state index contributed by atoms with van der Waals surface area (Å²) >= 11 is 0. The second-order valence-electron chi connectivity index (χ2n) is 3.31. The summed E-state index contributed by atoms with van der Waals surface area (Å²) in [4.78, 5) is 0. The van der Waals surface area contributed by atoms with E-state index in [-0.39, 0.29) is 18.7 Å². The van der Waals surface area contributed by atoms with Gasteiger partial charge in [-0.25, -0.2) is 8.78 Å². The van der Waals surface area contributed by atoms with Gasteiger partial charge in [-0.15, -0.1) is 0 Å². The molecule has 0 amide bonds. The van der Waals surface area contributed by atoms with Gasteiger partial charge in [0, 0.05) is 12.1 Å². The van der Waals surface area contributed by atoms with Gasteiger partial charge in [0.15, 0.2) is 0 Å². The van der Waals surface area contributed by atoms with Crippen LogP contribution in [-0.2, 0) is 0 Å². The highest BCUT2D eigenvalue weighted by Gasteiger charge is 2.33. The fourth-order valence-electron chi connectivity index (χ4n) is 1.25. The molecule has 2 N–H and O–H groups in total. The molecule has 0 bridgehead atoms. The summed E-state index contributed by atoms with van der Waals surface area (Å²) < 4.78 is 26.9. The SMILES string of the molecule is CCCNCC(F)(F)C1=CC=CNC1. The topological polar surface area (TPSA) is 24.1 Å². The molecule has 0 saturated heterocycles. The predicted molar refractivity (Wildman–Crippen MR) is 53.3 cm³/mol. The Balaban J connectivity index is 2.46. The quantitative estimate of drug-likeness (QED) is 0.663. The molecule has 1 rings (SSSR count). The standard InChI is InChI=1S/C10H16F2N2/c1-2-5-14-8-10(11,12)9-4-3-6-13-7-9/h3-4,6,13-14H,2,5,7-8H2,1H3. The average molecular weight is 202 g/mol. The molecule has 2 nitrogen and oxygen atoms in total. The largest absolute Gasteiger partial charge is 0.387 e. The van der Waals surface area contributed by atoms with E-state index in [1.807, 2.05) is 6.92 Å². The van der Waals surface area contributed by atoms with Crippen LogP contribution in [0.4, 0.5) is 8.78 Å². The van der Waals surface area contributed by atoms with E-state index >= 15 is 0 Å². The Labute approximate surface area is 83.1 Å². The predicted octanol–water partition coefficient (Wildman–Crippen LogP) is 1.66. The zero-order chi connectivity index (χ0) is 10.4. The Bertz CT molecular complexity index is 234. The van der Waals surface area contributed by atoms with Crippen molar-refractivity contribution in [2.24, 2.45) is 0 Å². The summed E-state index contributed by atoms with van der Waals surface area (Å²) in [6.07, 6.45) is 5.61. The number of nitrogens with one attached hydrogen (secondary N) is 2. The van der Waals surface area contributed by atoms with E-state index in [9.17, 15) is 8.78 Å². The van der Waals surface area contributed by atoms with Crippen LogP contribution in [0.2, 0.25) is 0 Å². The van der Waals surface area contributed by atoms with Gasteiger partial charge in [0.2, 0.25) is 0 Å². The van der Waals surface area contributed by atoms with Crippen LogP contribution in [0.25, 0.3) is 0 Å². The van der Waals surface area contributed by atoms with Gasteiger partial charge < -0.3 is 10.6 Å². The lowest BCUT2D eigenvalue weighted by Crippen LogP contribution is -2.38. The first kappa shape index (κ1) is 11.2. The third-order valence-electron chi connectivity index (χ3n) is 2.05. The van der Waals surface area contributed by atoms with Gasteiger partial charge in [-0.2, -0.15) is 0 Å². The van der Waals surface area contributed by atoms with Crippen LogP contribution in [0, 0.1) is 0 Å². The second-order valence-corrected chi connectivity index (χ2v) is 3.31. The summed E-state index contributed by atoms with van der Waals surface area (Å²) in [5.74, 6) is -2.74. The summed E-state index contributed by atoms with van der Waals surface area (Å²) in [5, 5.41) is 5.50. The van der Waals surface area contributed by atoms with Gasteiger partial charge >= 0.3 is 0 Å². The second kappa shape index (κ2) is 5.10. The van der Waals surface area contributed by atoms with Crippen LogP contribution < -0.4 is 10.6 Å². The molecule has 0 aliphatic carbocycles. The molecule has 1 aliphatic rings. The number of dihydropyridines is 1. The molecular formula is C10H16F2N2. The van der Waals surface area contributed by atoms with Crippen LogP contribution in [-0.4, -0.2) is 25.6 Å². The molecule has 80 valence electrons. The van der Waals surface area contributed by atoms with E-state index < -0.39 is 5.92 Å². The van der Waals surface area contributed by atoms with E-state index in [2.05, 4.69) is 10.6 Å². The number of alkyl halides is 2. The highest BCUT2D eigenvalue weighted by Crippen LogP contribution is 2.23. The van der Waals surface area contributed by atoms with Gasteiger partial charge in [-0.3, -0.25) is 0 Å². The number of rotatable bonds is 5. The molecule has 14 heavy (non-hydrogen) atoms. The van der Waals surface area contributed by atoms with E-state index in [1.165, 1.54) is 6.08 Å². The van der Waals surface area contributed by atoms with E-state index in [4.69, 9.17) is 0 Å². The summed E-state index contributed by atoms with van der Waals surface area (Å²) in [7, 11) is 0. The fraction of sp³-hybridized carbons (Fsp3) is 0.600. The molecule has 0 aromatic carbocycles. The summed E-state index contributed by atoms with van der Waals surface area (Å²) in [6, 6.07) is 0. The Morgan fingerprint density at radius 3 is 2.93 bits per heavy atom. The first-order valence-corrected chi connectivity index (χ1v) is 4.85. The number of hydrogen-bond donors (Lipinski definition) is 2. The monoisotopic (exact) mass is 202 g/mol. The molecule has 0 unspecified atom stereocenters. The lowest BCUT2D eigenvalue weighted by Gasteiger charge is -2.22. The highest BCUT2D eigenvalue weighted by atomic mass is 19.3. The zero-order valence-corrected chi connectivity index (χ0v) is 8.32. The van der Waals surface area contributed by atoms with Crippen molar-refractivity contribution in [1.29, 1.82) is 0 Å². The van der Waals surface area contributed by atoms with Crippen LogP contribution in [0.15, 0.2) is 23.9 Å². The van der Waals surface area contributed by atoms with E-state index in [0.717, 1.165) is 6.42 Å². The first-order valence-electron chi connectivity index (χ1n) is 4.85. The van der Waals surface area contributed by atoms with Gasteiger partial charge in [0.1, 0.15) is 0 Å². The van der Waals surface area contributed by atoms with Gasteiger partial charge in [0.25, 0.3) is 5.92 Å². The lowest BCUT2D eigenvalue weighted by molar-refractivity contribution is 0.0399. The van der Waals surface area contributed by atoms with Crippen LogP contribution in [0.5, 0.6) is 0 Å². The van der Waals surface area contributed by atoms with Crippen molar-refractivity contribution in [3.05, 3.63) is 23.9 Å². The molecule has 0 radical (unpaired) electrons. The molecule has 0 atom stereocenters. The molecule has 0 aromatic rings. The fourth-order valence-corrected chi connectivity index (χ4v) is 1.25. The smallest absolute Gasteiger partial charge is 0.283 e. The maximum Gasteiger partial charge on any atom is 0.283 e. The Morgan fingerprint density at radius 2 is 2.36 bits per heavy atom. The van der Waals surface area contributed by atoms with Crippen molar-refractivity contribution < 1.29 is 8.78 Å². The van der Waals surface area contributed by atoms with Crippen molar-refractivity contribution in [3.8, 4) is 0 Å². The van der Waals surface area contributed by atoms with Crippen molar-refractivity contribution in [3.63, 3.8) is 0 Å². The Kier molecular flexibility index (Phi) is 4.07. The minimum atomic E-state index is -2.74. The van der Waals surface area contributed by atoms with Gasteiger partial charge in [-0.1, -0.05) is 13.0 Å². The van der Waals surface area contributed by atoms with Crippen molar-refractivity contribution in [2.75, 3.05) is 19.6 Å². The number of allylic oxidation sites excluding steroid dienone is 2. The zero-order valence-electron chi connectivity index (χ0n) is 8.32.